The molecule has 0 fully saturated rings. The molecule has 2 aromatic rings. The van der Waals surface area contributed by atoms with Gasteiger partial charge in [0.1, 0.15) is 0 Å². The molecular formula is C15H13Cl2F2NO. The van der Waals surface area contributed by atoms with Crippen molar-refractivity contribution in [3.63, 3.8) is 0 Å². The molecule has 0 bridgehead atoms. The summed E-state index contributed by atoms with van der Waals surface area (Å²) in [7, 11) is 0. The zero-order valence-corrected chi connectivity index (χ0v) is 12.7. The van der Waals surface area contributed by atoms with Crippen molar-refractivity contribution < 1.29 is 13.5 Å². The molecule has 0 aliphatic carbocycles. The standard InChI is InChI=1S/C15H13Cl2F2NO/c1-9-4-2-3-5-10(9)8-20-11-6-12(16)14(13(17)7-11)21-15(18)19/h2-7,15,20H,8H2,1H3. The molecule has 0 saturated heterocycles. The lowest BCUT2D eigenvalue weighted by Gasteiger charge is -2.13. The Morgan fingerprint density at radius 1 is 1.14 bits per heavy atom. The smallest absolute Gasteiger partial charge is 0.387 e. The minimum absolute atomic E-state index is 0.0371. The van der Waals surface area contributed by atoms with Gasteiger partial charge < -0.3 is 10.1 Å². The molecule has 0 saturated carbocycles. The van der Waals surface area contributed by atoms with Crippen molar-refractivity contribution in [3.8, 4) is 5.75 Å². The molecule has 0 aliphatic heterocycles. The zero-order chi connectivity index (χ0) is 15.4. The molecule has 1 N–H and O–H groups in total. The van der Waals surface area contributed by atoms with E-state index >= 15 is 0 Å². The first-order chi connectivity index (χ1) is 9.97. The van der Waals surface area contributed by atoms with E-state index in [1.807, 2.05) is 31.2 Å². The van der Waals surface area contributed by atoms with E-state index in [4.69, 9.17) is 23.2 Å². The van der Waals surface area contributed by atoms with Crippen LogP contribution in [-0.2, 0) is 6.54 Å². The van der Waals surface area contributed by atoms with E-state index in [0.717, 1.165) is 11.1 Å². The van der Waals surface area contributed by atoms with Crippen molar-refractivity contribution in [2.75, 3.05) is 5.32 Å². The molecule has 0 spiro atoms. The van der Waals surface area contributed by atoms with Gasteiger partial charge in [-0.25, -0.2) is 0 Å². The van der Waals surface area contributed by atoms with Gasteiger partial charge in [-0.2, -0.15) is 8.78 Å². The Kier molecular flexibility index (Phi) is 5.26. The molecule has 0 amide bonds. The number of hydrogen-bond donors (Lipinski definition) is 1. The Morgan fingerprint density at radius 3 is 2.33 bits per heavy atom. The van der Waals surface area contributed by atoms with Gasteiger partial charge in [0.15, 0.2) is 5.75 Å². The molecule has 2 aromatic carbocycles. The Morgan fingerprint density at radius 2 is 1.76 bits per heavy atom. The number of benzene rings is 2. The molecule has 21 heavy (non-hydrogen) atoms. The zero-order valence-electron chi connectivity index (χ0n) is 11.2. The molecule has 0 aliphatic rings. The highest BCUT2D eigenvalue weighted by atomic mass is 35.5. The van der Waals surface area contributed by atoms with Crippen LogP contribution in [0.3, 0.4) is 0 Å². The van der Waals surface area contributed by atoms with E-state index in [1.54, 1.807) is 0 Å². The monoisotopic (exact) mass is 331 g/mol. The summed E-state index contributed by atoms with van der Waals surface area (Å²) in [5, 5.41) is 3.23. The Labute approximate surface area is 131 Å². The van der Waals surface area contributed by atoms with Gasteiger partial charge in [0.25, 0.3) is 0 Å². The number of anilines is 1. The lowest BCUT2D eigenvalue weighted by molar-refractivity contribution is -0.0497. The predicted molar refractivity (Wildman–Crippen MR) is 81.6 cm³/mol. The van der Waals surface area contributed by atoms with Crippen molar-refractivity contribution >= 4 is 28.9 Å². The maximum absolute atomic E-state index is 12.2. The van der Waals surface area contributed by atoms with E-state index in [2.05, 4.69) is 10.1 Å². The van der Waals surface area contributed by atoms with Crippen LogP contribution in [0.25, 0.3) is 0 Å². The summed E-state index contributed by atoms with van der Waals surface area (Å²) in [5.74, 6) is -0.213. The highest BCUT2D eigenvalue weighted by molar-refractivity contribution is 6.37. The summed E-state index contributed by atoms with van der Waals surface area (Å²) in [6, 6.07) is 10.9. The molecule has 0 heterocycles. The van der Waals surface area contributed by atoms with Crippen molar-refractivity contribution in [3.05, 3.63) is 57.6 Å². The fourth-order valence-corrected chi connectivity index (χ4v) is 2.45. The summed E-state index contributed by atoms with van der Waals surface area (Å²) in [6.07, 6.45) is 0. The van der Waals surface area contributed by atoms with Crippen LogP contribution in [0, 0.1) is 6.92 Å². The van der Waals surface area contributed by atoms with Crippen molar-refractivity contribution in [1.82, 2.24) is 0 Å². The second kappa shape index (κ2) is 6.96. The Bertz CT molecular complexity index is 612. The van der Waals surface area contributed by atoms with Crippen molar-refractivity contribution in [2.45, 2.75) is 20.1 Å². The summed E-state index contributed by atoms with van der Waals surface area (Å²) in [4.78, 5) is 0. The van der Waals surface area contributed by atoms with E-state index in [0.29, 0.717) is 12.2 Å². The number of rotatable bonds is 5. The van der Waals surface area contributed by atoms with Crippen molar-refractivity contribution in [1.29, 1.82) is 0 Å². The molecule has 0 aromatic heterocycles. The predicted octanol–water partition coefficient (Wildman–Crippen LogP) is 5.52. The molecule has 0 unspecified atom stereocenters. The molecule has 6 heteroatoms. The van der Waals surface area contributed by atoms with Gasteiger partial charge in [-0.15, -0.1) is 0 Å². The second-order valence-corrected chi connectivity index (χ2v) is 5.24. The van der Waals surface area contributed by atoms with Crippen LogP contribution < -0.4 is 10.1 Å². The minimum atomic E-state index is -2.97. The Balaban J connectivity index is 2.13. The van der Waals surface area contributed by atoms with Gasteiger partial charge >= 0.3 is 6.61 Å². The maximum atomic E-state index is 12.2. The fraction of sp³-hybridized carbons (Fsp3) is 0.200. The molecule has 2 nitrogen and oxygen atoms in total. The average Bonchev–Trinajstić information content (AvgIpc) is 2.42. The van der Waals surface area contributed by atoms with Crippen LogP contribution in [0.15, 0.2) is 36.4 Å². The average molecular weight is 332 g/mol. The summed E-state index contributed by atoms with van der Waals surface area (Å²) < 4.78 is 28.8. The third-order valence-corrected chi connectivity index (χ3v) is 3.51. The molecule has 112 valence electrons. The molecular weight excluding hydrogens is 319 g/mol. The highest BCUT2D eigenvalue weighted by Crippen LogP contribution is 2.37. The van der Waals surface area contributed by atoms with E-state index in [1.165, 1.54) is 12.1 Å². The van der Waals surface area contributed by atoms with Gasteiger partial charge in [0, 0.05) is 12.2 Å². The quantitative estimate of drug-likeness (QED) is 0.779. The first-order valence-corrected chi connectivity index (χ1v) is 6.95. The normalized spacial score (nSPS) is 10.8. The van der Waals surface area contributed by atoms with Crippen LogP contribution >= 0.6 is 23.2 Å². The first kappa shape index (κ1) is 15.9. The molecule has 2 rings (SSSR count). The lowest BCUT2D eigenvalue weighted by atomic mass is 10.1. The number of halogens is 4. The maximum Gasteiger partial charge on any atom is 0.387 e. The largest absolute Gasteiger partial charge is 0.432 e. The van der Waals surface area contributed by atoms with Gasteiger partial charge in [0.2, 0.25) is 0 Å². The SMILES string of the molecule is Cc1ccccc1CNc1cc(Cl)c(OC(F)F)c(Cl)c1. The highest BCUT2D eigenvalue weighted by Gasteiger charge is 2.14. The summed E-state index contributed by atoms with van der Waals surface area (Å²) in [6.45, 7) is -0.379. The number of alkyl halides is 2. The fourth-order valence-electron chi connectivity index (χ4n) is 1.87. The third kappa shape index (κ3) is 4.22. The minimum Gasteiger partial charge on any atom is -0.432 e. The van der Waals surface area contributed by atoms with Crippen LogP contribution in [0.4, 0.5) is 14.5 Å². The number of ether oxygens (including phenoxy) is 1. The lowest BCUT2D eigenvalue weighted by Crippen LogP contribution is -2.04. The number of hydrogen-bond acceptors (Lipinski definition) is 2. The van der Waals surface area contributed by atoms with E-state index in [-0.39, 0.29) is 15.8 Å². The molecule has 0 atom stereocenters. The van der Waals surface area contributed by atoms with Gasteiger partial charge in [-0.05, 0) is 30.2 Å². The summed E-state index contributed by atoms with van der Waals surface area (Å²) >= 11 is 11.8. The molecule has 0 radical (unpaired) electrons. The van der Waals surface area contributed by atoms with Crippen LogP contribution in [0.5, 0.6) is 5.75 Å². The topological polar surface area (TPSA) is 21.3 Å². The number of aryl methyl sites for hydroxylation is 1. The third-order valence-electron chi connectivity index (χ3n) is 2.95. The van der Waals surface area contributed by atoms with Gasteiger partial charge in [-0.1, -0.05) is 47.5 Å². The second-order valence-electron chi connectivity index (χ2n) is 4.43. The Hall–Kier alpha value is -1.52. The summed E-state index contributed by atoms with van der Waals surface area (Å²) in [5.41, 5.74) is 2.91. The van der Waals surface area contributed by atoms with Crippen molar-refractivity contribution in [2.24, 2.45) is 0 Å². The van der Waals surface area contributed by atoms with E-state index in [9.17, 15) is 8.78 Å². The van der Waals surface area contributed by atoms with Crippen LogP contribution in [0.1, 0.15) is 11.1 Å². The van der Waals surface area contributed by atoms with Crippen LogP contribution in [-0.4, -0.2) is 6.61 Å². The number of nitrogens with one attached hydrogen (secondary N) is 1. The van der Waals surface area contributed by atoms with E-state index < -0.39 is 6.61 Å². The van der Waals surface area contributed by atoms with Gasteiger partial charge in [0.05, 0.1) is 10.0 Å². The first-order valence-electron chi connectivity index (χ1n) is 6.19. The van der Waals surface area contributed by atoms with Gasteiger partial charge in [-0.3, -0.25) is 0 Å². The van der Waals surface area contributed by atoms with Crippen LogP contribution in [0.2, 0.25) is 10.0 Å².